The summed E-state index contributed by atoms with van der Waals surface area (Å²) in [5, 5.41) is 9.66. The van der Waals surface area contributed by atoms with Gasteiger partial charge in [-0.15, -0.1) is 0 Å². The van der Waals surface area contributed by atoms with Gasteiger partial charge in [-0.25, -0.2) is 0 Å². The van der Waals surface area contributed by atoms with Gasteiger partial charge >= 0.3 is 0 Å². The van der Waals surface area contributed by atoms with Crippen LogP contribution in [0.3, 0.4) is 0 Å². The lowest BCUT2D eigenvalue weighted by molar-refractivity contribution is 0.426. The second kappa shape index (κ2) is 4.85. The molecular weight excluding hydrogens is 162 g/mol. The summed E-state index contributed by atoms with van der Waals surface area (Å²) in [5.41, 5.74) is 5.73. The zero-order valence-corrected chi connectivity index (χ0v) is 7.39. The van der Waals surface area contributed by atoms with Crippen molar-refractivity contribution in [1.29, 1.82) is 0 Å². The maximum atomic E-state index is 9.16. The van der Waals surface area contributed by atoms with E-state index in [1.165, 1.54) is 6.08 Å². The molecule has 0 aromatic carbocycles. The SMILES string of the molecule is C\C=C/C(N)=C(O)\C=C(/C)Cl. The molecule has 0 spiro atoms. The lowest BCUT2D eigenvalue weighted by Gasteiger charge is -1.95. The third-order valence-corrected chi connectivity index (χ3v) is 1.09. The number of aliphatic hydroxyl groups is 1. The Morgan fingerprint density at radius 3 is 2.45 bits per heavy atom. The number of halogens is 1. The Labute approximate surface area is 71.7 Å². The maximum absolute atomic E-state index is 9.16. The minimum Gasteiger partial charge on any atom is -0.506 e. The van der Waals surface area contributed by atoms with E-state index in [1.807, 2.05) is 6.92 Å². The Morgan fingerprint density at radius 1 is 1.55 bits per heavy atom. The first-order valence-electron chi connectivity index (χ1n) is 3.23. The molecular formula is C8H12ClNO. The summed E-state index contributed by atoms with van der Waals surface area (Å²) in [7, 11) is 0. The first-order chi connectivity index (χ1) is 5.07. The molecule has 0 aliphatic carbocycles. The molecule has 0 fully saturated rings. The van der Waals surface area contributed by atoms with Crippen LogP contribution >= 0.6 is 11.6 Å². The largest absolute Gasteiger partial charge is 0.506 e. The summed E-state index contributed by atoms with van der Waals surface area (Å²) in [4.78, 5) is 0. The summed E-state index contributed by atoms with van der Waals surface area (Å²) in [5.74, 6) is -0.00407. The van der Waals surface area contributed by atoms with E-state index in [1.54, 1.807) is 19.1 Å². The van der Waals surface area contributed by atoms with Gasteiger partial charge in [0.1, 0.15) is 5.76 Å². The molecule has 0 radical (unpaired) electrons. The van der Waals surface area contributed by atoms with Crippen LogP contribution < -0.4 is 5.73 Å². The van der Waals surface area contributed by atoms with Gasteiger partial charge in [0.2, 0.25) is 0 Å². The van der Waals surface area contributed by atoms with Crippen molar-refractivity contribution >= 4 is 11.6 Å². The van der Waals surface area contributed by atoms with E-state index < -0.39 is 0 Å². The first kappa shape index (κ1) is 10.1. The van der Waals surface area contributed by atoms with Crippen LogP contribution in [0.15, 0.2) is 34.7 Å². The highest BCUT2D eigenvalue weighted by atomic mass is 35.5. The van der Waals surface area contributed by atoms with Crippen LogP contribution in [0.25, 0.3) is 0 Å². The minimum atomic E-state index is -0.00407. The van der Waals surface area contributed by atoms with Crippen molar-refractivity contribution in [3.05, 3.63) is 34.7 Å². The smallest absolute Gasteiger partial charge is 0.139 e. The van der Waals surface area contributed by atoms with Gasteiger partial charge in [0, 0.05) is 5.03 Å². The molecule has 3 heteroatoms. The normalized spacial score (nSPS) is 15.4. The van der Waals surface area contributed by atoms with Crippen molar-refractivity contribution < 1.29 is 5.11 Å². The molecule has 11 heavy (non-hydrogen) atoms. The molecule has 0 aliphatic heterocycles. The van der Waals surface area contributed by atoms with E-state index >= 15 is 0 Å². The molecule has 0 aliphatic rings. The number of aliphatic hydroxyl groups excluding tert-OH is 1. The highest BCUT2D eigenvalue weighted by Crippen LogP contribution is 2.05. The molecule has 0 saturated heterocycles. The molecule has 0 rings (SSSR count). The maximum Gasteiger partial charge on any atom is 0.139 e. The van der Waals surface area contributed by atoms with Crippen molar-refractivity contribution in [3.8, 4) is 0 Å². The lowest BCUT2D eigenvalue weighted by atomic mass is 10.3. The monoisotopic (exact) mass is 173 g/mol. The second-order valence-corrected chi connectivity index (χ2v) is 2.67. The van der Waals surface area contributed by atoms with Gasteiger partial charge < -0.3 is 10.8 Å². The average molecular weight is 174 g/mol. The summed E-state index contributed by atoms with van der Waals surface area (Å²) < 4.78 is 0. The number of allylic oxidation sites excluding steroid dienone is 4. The van der Waals surface area contributed by atoms with E-state index in [4.69, 9.17) is 22.4 Å². The van der Waals surface area contributed by atoms with E-state index in [2.05, 4.69) is 0 Å². The van der Waals surface area contributed by atoms with E-state index in [-0.39, 0.29) is 5.76 Å². The molecule has 2 nitrogen and oxygen atoms in total. The zero-order chi connectivity index (χ0) is 8.85. The number of hydrogen-bond donors (Lipinski definition) is 2. The van der Waals surface area contributed by atoms with Crippen LogP contribution in [0.4, 0.5) is 0 Å². The summed E-state index contributed by atoms with van der Waals surface area (Å²) in [6, 6.07) is 0. The summed E-state index contributed by atoms with van der Waals surface area (Å²) in [6.45, 7) is 3.48. The predicted molar refractivity (Wildman–Crippen MR) is 48.3 cm³/mol. The molecule has 0 amide bonds. The van der Waals surface area contributed by atoms with Crippen molar-refractivity contribution in [1.82, 2.24) is 0 Å². The van der Waals surface area contributed by atoms with Gasteiger partial charge in [0.05, 0.1) is 5.70 Å². The summed E-state index contributed by atoms with van der Waals surface area (Å²) in [6.07, 6.45) is 4.74. The third-order valence-electron chi connectivity index (χ3n) is 0.978. The fourth-order valence-electron chi connectivity index (χ4n) is 0.537. The Morgan fingerprint density at radius 2 is 2.09 bits per heavy atom. The molecule has 0 heterocycles. The highest BCUT2D eigenvalue weighted by molar-refractivity contribution is 6.29. The van der Waals surface area contributed by atoms with Crippen LogP contribution in [0.5, 0.6) is 0 Å². The van der Waals surface area contributed by atoms with Gasteiger partial charge in [-0.1, -0.05) is 17.7 Å². The molecule has 0 aromatic rings. The molecule has 0 saturated carbocycles. The van der Waals surface area contributed by atoms with Gasteiger partial charge in [-0.05, 0) is 26.0 Å². The Bertz CT molecular complexity index is 212. The lowest BCUT2D eigenvalue weighted by Crippen LogP contribution is -1.97. The van der Waals surface area contributed by atoms with Crippen LogP contribution in [-0.4, -0.2) is 5.11 Å². The van der Waals surface area contributed by atoms with Crippen LogP contribution in [-0.2, 0) is 0 Å². The van der Waals surface area contributed by atoms with Gasteiger partial charge in [0.25, 0.3) is 0 Å². The van der Waals surface area contributed by atoms with Gasteiger partial charge in [-0.3, -0.25) is 0 Å². The highest BCUT2D eigenvalue weighted by Gasteiger charge is 1.92. The van der Waals surface area contributed by atoms with Crippen LogP contribution in [0.1, 0.15) is 13.8 Å². The second-order valence-electron chi connectivity index (χ2n) is 2.07. The number of nitrogens with two attached hydrogens (primary N) is 1. The van der Waals surface area contributed by atoms with Gasteiger partial charge in [-0.2, -0.15) is 0 Å². The predicted octanol–water partition coefficient (Wildman–Crippen LogP) is 2.43. The molecule has 0 atom stereocenters. The molecule has 0 aromatic heterocycles. The van der Waals surface area contributed by atoms with Crippen molar-refractivity contribution in [3.63, 3.8) is 0 Å². The van der Waals surface area contributed by atoms with Crippen molar-refractivity contribution in [2.24, 2.45) is 5.73 Å². The quantitative estimate of drug-likeness (QED) is 0.498. The molecule has 3 N–H and O–H groups in total. The summed E-state index contributed by atoms with van der Waals surface area (Å²) >= 11 is 5.50. The molecule has 0 bridgehead atoms. The number of rotatable bonds is 2. The fraction of sp³-hybridized carbons (Fsp3) is 0.250. The average Bonchev–Trinajstić information content (AvgIpc) is 1.86. The standard InChI is InChI=1S/C8H12ClNO/c1-3-4-7(10)8(11)5-6(2)9/h3-5,11H,10H2,1-2H3/b4-3-,6-5+,8-7-. The first-order valence-corrected chi connectivity index (χ1v) is 3.61. The van der Waals surface area contributed by atoms with E-state index in [9.17, 15) is 0 Å². The minimum absolute atomic E-state index is 0.00407. The van der Waals surface area contributed by atoms with E-state index in [0.717, 1.165) is 0 Å². The van der Waals surface area contributed by atoms with Crippen molar-refractivity contribution in [2.45, 2.75) is 13.8 Å². The fourth-order valence-corrected chi connectivity index (χ4v) is 0.640. The van der Waals surface area contributed by atoms with Gasteiger partial charge in [0.15, 0.2) is 0 Å². The van der Waals surface area contributed by atoms with Crippen LogP contribution in [0, 0.1) is 0 Å². The molecule has 62 valence electrons. The Balaban J connectivity index is 4.53. The third kappa shape index (κ3) is 4.51. The van der Waals surface area contributed by atoms with Crippen molar-refractivity contribution in [2.75, 3.05) is 0 Å². The zero-order valence-electron chi connectivity index (χ0n) is 6.63. The molecule has 0 unspecified atom stereocenters. The number of hydrogen-bond acceptors (Lipinski definition) is 2. The topological polar surface area (TPSA) is 46.2 Å². The van der Waals surface area contributed by atoms with E-state index in [0.29, 0.717) is 10.7 Å². The Kier molecular flexibility index (Phi) is 4.46. The Hall–Kier alpha value is -0.890. The van der Waals surface area contributed by atoms with Crippen LogP contribution in [0.2, 0.25) is 0 Å².